The van der Waals surface area contributed by atoms with Gasteiger partial charge in [-0.2, -0.15) is 0 Å². The summed E-state index contributed by atoms with van der Waals surface area (Å²) in [5.41, 5.74) is 3.49. The van der Waals surface area contributed by atoms with Crippen LogP contribution in [0.15, 0.2) is 36.4 Å². The first-order valence-corrected chi connectivity index (χ1v) is 11.6. The Labute approximate surface area is 195 Å². The van der Waals surface area contributed by atoms with Gasteiger partial charge in [0.2, 0.25) is 5.13 Å². The second kappa shape index (κ2) is 8.08. The van der Waals surface area contributed by atoms with Gasteiger partial charge in [-0.15, -0.1) is 10.2 Å². The summed E-state index contributed by atoms with van der Waals surface area (Å²) >= 11 is 1.54. The largest absolute Gasteiger partial charge is 0.343 e. The molecule has 2 aliphatic heterocycles. The smallest absolute Gasteiger partial charge is 0.266 e. The molecule has 5 rings (SSSR count). The fourth-order valence-electron chi connectivity index (χ4n) is 4.35. The average Bonchev–Trinajstić information content (AvgIpc) is 3.35. The molecule has 2 aromatic carbocycles. The minimum Gasteiger partial charge on any atom is -0.343 e. The van der Waals surface area contributed by atoms with Crippen molar-refractivity contribution in [3.05, 3.63) is 69.2 Å². The first-order chi connectivity index (χ1) is 15.8. The Kier molecular flexibility index (Phi) is 5.20. The Morgan fingerprint density at radius 3 is 2.27 bits per heavy atom. The van der Waals surface area contributed by atoms with Gasteiger partial charge in [0, 0.05) is 31.7 Å². The van der Waals surface area contributed by atoms with E-state index in [9.17, 15) is 14.4 Å². The quantitative estimate of drug-likeness (QED) is 0.557. The summed E-state index contributed by atoms with van der Waals surface area (Å²) in [6, 6.07) is 10.4. The van der Waals surface area contributed by atoms with Crippen LogP contribution in [0.2, 0.25) is 0 Å². The lowest BCUT2D eigenvalue weighted by Gasteiger charge is -2.34. The molecule has 0 N–H and O–H groups in total. The molecule has 0 spiro atoms. The number of fused-ring (bicyclic) bond motifs is 1. The number of piperazine rings is 1. The fraction of sp³-hybridized carbons (Fsp3) is 0.292. The van der Waals surface area contributed by atoms with E-state index in [0.717, 1.165) is 21.3 Å². The average molecular weight is 462 g/mol. The van der Waals surface area contributed by atoms with Crippen molar-refractivity contribution in [2.45, 2.75) is 20.8 Å². The van der Waals surface area contributed by atoms with Gasteiger partial charge in [-0.3, -0.25) is 14.4 Å². The number of amides is 3. The van der Waals surface area contributed by atoms with E-state index in [1.54, 1.807) is 40.5 Å². The number of carbonyl (C=O) groups excluding carboxylic acids is 3. The molecule has 3 heterocycles. The lowest BCUT2D eigenvalue weighted by Crippen LogP contribution is -2.48. The molecule has 1 fully saturated rings. The van der Waals surface area contributed by atoms with Crippen LogP contribution in [0, 0.1) is 20.8 Å². The lowest BCUT2D eigenvalue weighted by molar-refractivity contribution is 0.0746. The topological polar surface area (TPSA) is 86.7 Å². The zero-order chi connectivity index (χ0) is 23.3. The van der Waals surface area contributed by atoms with E-state index in [1.807, 2.05) is 32.9 Å². The fourth-order valence-corrected chi connectivity index (χ4v) is 5.09. The molecule has 0 radical (unpaired) electrons. The third-order valence-electron chi connectivity index (χ3n) is 6.08. The van der Waals surface area contributed by atoms with Gasteiger partial charge in [0.05, 0.1) is 16.8 Å². The highest BCUT2D eigenvalue weighted by molar-refractivity contribution is 7.15. The summed E-state index contributed by atoms with van der Waals surface area (Å²) in [5.74, 6) is -0.897. The van der Waals surface area contributed by atoms with E-state index in [1.165, 1.54) is 4.90 Å². The van der Waals surface area contributed by atoms with E-state index in [4.69, 9.17) is 0 Å². The predicted molar refractivity (Wildman–Crippen MR) is 126 cm³/mol. The highest BCUT2D eigenvalue weighted by Gasteiger charge is 2.38. The maximum Gasteiger partial charge on any atom is 0.266 e. The van der Waals surface area contributed by atoms with Gasteiger partial charge in [-0.25, -0.2) is 4.90 Å². The minimum absolute atomic E-state index is 0.142. The molecular formula is C24H23N5O3S. The molecule has 1 saturated heterocycles. The number of aryl methyl sites for hydroxylation is 3. The maximum atomic E-state index is 13.2. The van der Waals surface area contributed by atoms with Crippen LogP contribution in [0.3, 0.4) is 0 Å². The van der Waals surface area contributed by atoms with Crippen molar-refractivity contribution >= 4 is 39.9 Å². The Hall–Kier alpha value is -3.59. The molecule has 0 aliphatic carbocycles. The van der Waals surface area contributed by atoms with Crippen molar-refractivity contribution in [3.63, 3.8) is 0 Å². The predicted octanol–water partition coefficient (Wildman–Crippen LogP) is 3.23. The first-order valence-electron chi connectivity index (χ1n) is 10.8. The van der Waals surface area contributed by atoms with Gasteiger partial charge < -0.3 is 9.80 Å². The molecule has 2 aliphatic rings. The van der Waals surface area contributed by atoms with Crippen molar-refractivity contribution in [3.8, 4) is 0 Å². The Bertz CT molecular complexity index is 1290. The molecule has 33 heavy (non-hydrogen) atoms. The highest BCUT2D eigenvalue weighted by atomic mass is 32.1. The zero-order valence-electron chi connectivity index (χ0n) is 18.7. The molecular weight excluding hydrogens is 438 g/mol. The van der Waals surface area contributed by atoms with Gasteiger partial charge in [-0.05, 0) is 50.6 Å². The second-order valence-corrected chi connectivity index (χ2v) is 9.54. The summed E-state index contributed by atoms with van der Waals surface area (Å²) in [4.78, 5) is 44.4. The monoisotopic (exact) mass is 461 g/mol. The molecule has 1 aromatic heterocycles. The number of imide groups is 1. The van der Waals surface area contributed by atoms with Crippen LogP contribution in [-0.2, 0) is 0 Å². The number of hydrogen-bond acceptors (Lipinski definition) is 7. The van der Waals surface area contributed by atoms with Crippen molar-refractivity contribution in [1.29, 1.82) is 0 Å². The standard InChI is InChI=1S/C24H23N5O3S/c1-14-4-7-20(15(2)12-14)29-22(31)18-6-5-17(13-19(18)23(29)32)21(30)27-8-10-28(11-9-27)24-26-25-16(3)33-24/h4-7,12-13H,8-11H2,1-3H3. The van der Waals surface area contributed by atoms with Crippen molar-refractivity contribution in [2.75, 3.05) is 36.0 Å². The van der Waals surface area contributed by atoms with Crippen molar-refractivity contribution < 1.29 is 14.4 Å². The lowest BCUT2D eigenvalue weighted by atomic mass is 10.0. The number of hydrogen-bond donors (Lipinski definition) is 0. The van der Waals surface area contributed by atoms with Crippen molar-refractivity contribution in [1.82, 2.24) is 15.1 Å². The Morgan fingerprint density at radius 1 is 0.879 bits per heavy atom. The van der Waals surface area contributed by atoms with Crippen LogP contribution in [0.5, 0.6) is 0 Å². The molecule has 9 heteroatoms. The van der Waals surface area contributed by atoms with E-state index >= 15 is 0 Å². The zero-order valence-corrected chi connectivity index (χ0v) is 19.5. The summed E-state index contributed by atoms with van der Waals surface area (Å²) in [6.45, 7) is 8.20. The number of nitrogens with zero attached hydrogens (tertiary/aromatic N) is 5. The van der Waals surface area contributed by atoms with Gasteiger partial charge in [-0.1, -0.05) is 29.0 Å². The van der Waals surface area contributed by atoms with Gasteiger partial charge in [0.25, 0.3) is 17.7 Å². The molecule has 3 aromatic rings. The number of aromatic nitrogens is 2. The number of anilines is 2. The van der Waals surface area contributed by atoms with Crippen LogP contribution < -0.4 is 9.80 Å². The van der Waals surface area contributed by atoms with Gasteiger partial charge >= 0.3 is 0 Å². The van der Waals surface area contributed by atoms with E-state index in [2.05, 4.69) is 15.1 Å². The summed E-state index contributed by atoms with van der Waals surface area (Å²) < 4.78 is 0. The molecule has 0 saturated carbocycles. The van der Waals surface area contributed by atoms with Crippen LogP contribution in [0.1, 0.15) is 47.2 Å². The highest BCUT2D eigenvalue weighted by Crippen LogP contribution is 2.32. The van der Waals surface area contributed by atoms with Gasteiger partial charge in [0.15, 0.2) is 0 Å². The van der Waals surface area contributed by atoms with Gasteiger partial charge in [0.1, 0.15) is 5.01 Å². The van der Waals surface area contributed by atoms with E-state index in [-0.39, 0.29) is 17.4 Å². The van der Waals surface area contributed by atoms with E-state index < -0.39 is 5.91 Å². The summed E-state index contributed by atoms with van der Waals surface area (Å²) in [7, 11) is 0. The minimum atomic E-state index is -0.395. The normalized spacial score (nSPS) is 15.9. The first kappa shape index (κ1) is 21.3. The maximum absolute atomic E-state index is 13.2. The second-order valence-electron chi connectivity index (χ2n) is 8.38. The number of rotatable bonds is 3. The van der Waals surface area contributed by atoms with E-state index in [0.29, 0.717) is 43.0 Å². The Morgan fingerprint density at radius 2 is 1.61 bits per heavy atom. The van der Waals surface area contributed by atoms with Crippen LogP contribution in [0.4, 0.5) is 10.8 Å². The summed E-state index contributed by atoms with van der Waals surface area (Å²) in [6.07, 6.45) is 0. The third kappa shape index (κ3) is 3.68. The number of benzene rings is 2. The van der Waals surface area contributed by atoms with Crippen LogP contribution >= 0.6 is 11.3 Å². The Balaban J connectivity index is 1.35. The molecule has 3 amide bonds. The van der Waals surface area contributed by atoms with Crippen LogP contribution in [-0.4, -0.2) is 59.0 Å². The molecule has 0 atom stereocenters. The van der Waals surface area contributed by atoms with Crippen LogP contribution in [0.25, 0.3) is 0 Å². The molecule has 168 valence electrons. The molecule has 0 bridgehead atoms. The number of carbonyl (C=O) groups is 3. The third-order valence-corrected chi connectivity index (χ3v) is 6.98. The SMILES string of the molecule is Cc1ccc(N2C(=O)c3ccc(C(=O)N4CCN(c5nnc(C)s5)CC4)cc3C2=O)c(C)c1. The molecule has 0 unspecified atom stereocenters. The summed E-state index contributed by atoms with van der Waals surface area (Å²) in [5, 5.41) is 10.0. The molecule has 8 nitrogen and oxygen atoms in total. The van der Waals surface area contributed by atoms with Crippen molar-refractivity contribution in [2.24, 2.45) is 0 Å².